The zero-order valence-corrected chi connectivity index (χ0v) is 20.5. The summed E-state index contributed by atoms with van der Waals surface area (Å²) in [6, 6.07) is 5.09. The van der Waals surface area contributed by atoms with E-state index in [1.54, 1.807) is 24.3 Å². The molecular formula is C23H36N4O5S. The van der Waals surface area contributed by atoms with E-state index in [0.717, 1.165) is 5.56 Å². The number of carbonyl (C=O) groups excluding carboxylic acids is 3. The highest BCUT2D eigenvalue weighted by Gasteiger charge is 2.32. The third-order valence-electron chi connectivity index (χ3n) is 5.53. The van der Waals surface area contributed by atoms with Gasteiger partial charge in [0, 0.05) is 12.2 Å². The number of aliphatic carboxylic acids is 1. The molecule has 0 bridgehead atoms. The maximum atomic E-state index is 13.2. The van der Waals surface area contributed by atoms with Gasteiger partial charge in [0.15, 0.2) is 0 Å². The number of carboxylic acid groups (broad SMARTS) is 1. The first-order valence-corrected chi connectivity index (χ1v) is 11.7. The number of carboxylic acids is 1. The average Bonchev–Trinajstić information content (AvgIpc) is 2.79. The molecule has 0 aliphatic heterocycles. The van der Waals surface area contributed by atoms with Gasteiger partial charge in [-0.2, -0.15) is 12.6 Å². The Morgan fingerprint density at radius 1 is 0.939 bits per heavy atom. The molecule has 9 nitrogen and oxygen atoms in total. The molecular weight excluding hydrogens is 444 g/mol. The van der Waals surface area contributed by atoms with Gasteiger partial charge < -0.3 is 26.8 Å². The van der Waals surface area contributed by atoms with Crippen LogP contribution in [0.1, 0.15) is 39.7 Å². The second-order valence-electron chi connectivity index (χ2n) is 8.47. The van der Waals surface area contributed by atoms with Crippen LogP contribution in [0.5, 0.6) is 0 Å². The van der Waals surface area contributed by atoms with Gasteiger partial charge in [0.1, 0.15) is 18.1 Å². The molecule has 0 heterocycles. The summed E-state index contributed by atoms with van der Waals surface area (Å²) in [6.45, 7) is 7.32. The minimum Gasteiger partial charge on any atom is -0.480 e. The van der Waals surface area contributed by atoms with Gasteiger partial charge in [0.2, 0.25) is 17.7 Å². The Labute approximate surface area is 200 Å². The van der Waals surface area contributed by atoms with E-state index in [-0.39, 0.29) is 24.0 Å². The van der Waals surface area contributed by atoms with Crippen LogP contribution < -0.4 is 21.7 Å². The quantitative estimate of drug-likeness (QED) is 0.229. The molecule has 10 heteroatoms. The molecule has 0 aliphatic rings. The summed E-state index contributed by atoms with van der Waals surface area (Å²) in [5.74, 6) is -3.31. The monoisotopic (exact) mass is 480 g/mol. The summed E-state index contributed by atoms with van der Waals surface area (Å²) in [5, 5.41) is 17.1. The molecule has 0 fully saturated rings. The highest BCUT2D eigenvalue weighted by Crippen LogP contribution is 2.11. The van der Waals surface area contributed by atoms with E-state index in [9.17, 15) is 24.3 Å². The van der Waals surface area contributed by atoms with Gasteiger partial charge >= 0.3 is 5.97 Å². The maximum Gasteiger partial charge on any atom is 0.327 e. The van der Waals surface area contributed by atoms with Gasteiger partial charge in [0.25, 0.3) is 0 Å². The number of hydrogen-bond acceptors (Lipinski definition) is 6. The molecule has 1 aromatic carbocycles. The van der Waals surface area contributed by atoms with Crippen molar-refractivity contribution in [2.75, 3.05) is 5.75 Å². The Balaban J connectivity index is 3.11. The molecule has 184 valence electrons. The zero-order chi connectivity index (χ0) is 25.1. The zero-order valence-electron chi connectivity index (χ0n) is 19.6. The SMILES string of the molecule is CCC(C)C(NC(=O)C(N)C(C)C)C(=O)NC(Cc1ccccc1)C(=O)NC(CS)C(=O)O. The molecule has 33 heavy (non-hydrogen) atoms. The lowest BCUT2D eigenvalue weighted by molar-refractivity contribution is -0.141. The standard InChI is InChI=1S/C23H36N4O5S/c1-5-14(4)19(27-21(29)18(24)13(2)3)22(30)25-16(11-15-9-7-6-8-10-15)20(28)26-17(12-33)23(31)32/h6-10,13-14,16-19,33H,5,11-12,24H2,1-4H3,(H,25,30)(H,26,28)(H,27,29)(H,31,32). The van der Waals surface area contributed by atoms with Crippen molar-refractivity contribution in [2.24, 2.45) is 17.6 Å². The molecule has 0 spiro atoms. The number of thiol groups is 1. The van der Waals surface area contributed by atoms with Crippen LogP contribution in [0.3, 0.4) is 0 Å². The van der Waals surface area contributed by atoms with Crippen molar-refractivity contribution < 1.29 is 24.3 Å². The van der Waals surface area contributed by atoms with E-state index < -0.39 is 47.9 Å². The first kappa shape index (κ1) is 28.4. The summed E-state index contributed by atoms with van der Waals surface area (Å²) in [6.07, 6.45) is 0.746. The van der Waals surface area contributed by atoms with Gasteiger partial charge in [0.05, 0.1) is 6.04 Å². The fraction of sp³-hybridized carbons (Fsp3) is 0.565. The number of benzene rings is 1. The van der Waals surface area contributed by atoms with Crippen molar-refractivity contribution in [2.45, 2.75) is 64.7 Å². The first-order chi connectivity index (χ1) is 15.5. The Kier molecular flexibility index (Phi) is 11.9. The lowest BCUT2D eigenvalue weighted by Gasteiger charge is -2.28. The van der Waals surface area contributed by atoms with E-state index >= 15 is 0 Å². The van der Waals surface area contributed by atoms with Crippen LogP contribution in [0.4, 0.5) is 0 Å². The molecule has 3 amide bonds. The number of rotatable bonds is 13. The first-order valence-electron chi connectivity index (χ1n) is 11.1. The Morgan fingerprint density at radius 2 is 1.52 bits per heavy atom. The van der Waals surface area contributed by atoms with Gasteiger partial charge in [-0.3, -0.25) is 14.4 Å². The Hall–Kier alpha value is -2.59. The molecule has 6 N–H and O–H groups in total. The highest BCUT2D eigenvalue weighted by atomic mass is 32.1. The van der Waals surface area contributed by atoms with Crippen LogP contribution in [0.15, 0.2) is 30.3 Å². The molecule has 0 saturated heterocycles. The number of nitrogens with two attached hydrogens (primary N) is 1. The Bertz CT molecular complexity index is 805. The topological polar surface area (TPSA) is 151 Å². The van der Waals surface area contributed by atoms with Crippen LogP contribution in [0.25, 0.3) is 0 Å². The molecule has 0 radical (unpaired) electrons. The van der Waals surface area contributed by atoms with Crippen molar-refractivity contribution in [3.63, 3.8) is 0 Å². The summed E-state index contributed by atoms with van der Waals surface area (Å²) < 4.78 is 0. The molecule has 0 saturated carbocycles. The van der Waals surface area contributed by atoms with E-state index in [4.69, 9.17) is 5.73 Å². The fourth-order valence-electron chi connectivity index (χ4n) is 3.03. The second kappa shape index (κ2) is 13.8. The highest BCUT2D eigenvalue weighted by molar-refractivity contribution is 7.80. The third kappa shape index (κ3) is 9.05. The maximum absolute atomic E-state index is 13.2. The van der Waals surface area contributed by atoms with Crippen LogP contribution in [-0.4, -0.2) is 58.7 Å². The molecule has 0 aliphatic carbocycles. The number of nitrogens with one attached hydrogen (secondary N) is 3. The minimum atomic E-state index is -1.23. The second-order valence-corrected chi connectivity index (χ2v) is 8.84. The Morgan fingerprint density at radius 3 is 2.00 bits per heavy atom. The molecule has 5 atom stereocenters. The lowest BCUT2D eigenvalue weighted by atomic mass is 9.96. The van der Waals surface area contributed by atoms with Crippen LogP contribution in [0.2, 0.25) is 0 Å². The molecule has 0 aromatic heterocycles. The summed E-state index contributed by atoms with van der Waals surface area (Å²) in [5.41, 5.74) is 6.71. The largest absolute Gasteiger partial charge is 0.480 e. The van der Waals surface area contributed by atoms with Gasteiger partial charge in [-0.05, 0) is 17.4 Å². The fourth-order valence-corrected chi connectivity index (χ4v) is 3.28. The predicted molar refractivity (Wildman–Crippen MR) is 130 cm³/mol. The minimum absolute atomic E-state index is 0.105. The molecule has 5 unspecified atom stereocenters. The molecule has 1 rings (SSSR count). The van der Waals surface area contributed by atoms with Crippen molar-refractivity contribution in [1.29, 1.82) is 0 Å². The van der Waals surface area contributed by atoms with Crippen LogP contribution >= 0.6 is 12.6 Å². The van der Waals surface area contributed by atoms with Crippen LogP contribution in [-0.2, 0) is 25.6 Å². The van der Waals surface area contributed by atoms with E-state index in [0.29, 0.717) is 6.42 Å². The number of hydrogen-bond donors (Lipinski definition) is 6. The van der Waals surface area contributed by atoms with Crippen LogP contribution in [0, 0.1) is 11.8 Å². The number of carbonyl (C=O) groups is 4. The predicted octanol–water partition coefficient (Wildman–Crippen LogP) is 0.727. The van der Waals surface area contributed by atoms with Crippen molar-refractivity contribution in [3.05, 3.63) is 35.9 Å². The summed E-state index contributed by atoms with van der Waals surface area (Å²) in [4.78, 5) is 50.0. The summed E-state index contributed by atoms with van der Waals surface area (Å²) >= 11 is 3.97. The van der Waals surface area contributed by atoms with Crippen molar-refractivity contribution >= 4 is 36.3 Å². The summed E-state index contributed by atoms with van der Waals surface area (Å²) in [7, 11) is 0. The van der Waals surface area contributed by atoms with E-state index in [1.165, 1.54) is 0 Å². The van der Waals surface area contributed by atoms with E-state index in [1.807, 2.05) is 33.8 Å². The average molecular weight is 481 g/mol. The van der Waals surface area contributed by atoms with E-state index in [2.05, 4.69) is 28.6 Å². The smallest absolute Gasteiger partial charge is 0.327 e. The third-order valence-corrected chi connectivity index (χ3v) is 5.89. The van der Waals surface area contributed by atoms with Gasteiger partial charge in [-0.1, -0.05) is 64.4 Å². The van der Waals surface area contributed by atoms with Crippen molar-refractivity contribution in [1.82, 2.24) is 16.0 Å². The number of amides is 3. The molecule has 1 aromatic rings. The normalized spacial score (nSPS) is 15.6. The lowest BCUT2D eigenvalue weighted by Crippen LogP contribution is -2.59. The van der Waals surface area contributed by atoms with Gasteiger partial charge in [-0.15, -0.1) is 0 Å². The van der Waals surface area contributed by atoms with Gasteiger partial charge in [-0.25, -0.2) is 4.79 Å². The van der Waals surface area contributed by atoms with Crippen molar-refractivity contribution in [3.8, 4) is 0 Å².